The van der Waals surface area contributed by atoms with Crippen molar-refractivity contribution in [3.05, 3.63) is 119 Å². The third kappa shape index (κ3) is 2.00. The quantitative estimate of drug-likeness (QED) is 0.628. The van der Waals surface area contributed by atoms with Crippen molar-refractivity contribution in [2.24, 2.45) is 5.92 Å². The molecule has 0 amide bonds. The lowest BCUT2D eigenvalue weighted by Crippen LogP contribution is -2.35. The van der Waals surface area contributed by atoms with Crippen molar-refractivity contribution in [2.45, 2.75) is 24.2 Å². The van der Waals surface area contributed by atoms with Crippen LogP contribution in [0.25, 0.3) is 0 Å². The Kier molecular flexibility index (Phi) is 3.38. The van der Waals surface area contributed by atoms with Gasteiger partial charge in [0.05, 0.1) is 5.41 Å². The SMILES string of the molecule is C1=CC2c3ccccc3C(C3=CCCC=C3)(c3ccccc3)C2C=C1. The zero-order valence-electron chi connectivity index (χ0n) is 14.3. The van der Waals surface area contributed by atoms with E-state index in [1.165, 1.54) is 22.3 Å². The highest BCUT2D eigenvalue weighted by Crippen LogP contribution is 2.60. The third-order valence-electron chi connectivity index (χ3n) is 6.06. The molecule has 5 rings (SSSR count). The van der Waals surface area contributed by atoms with Gasteiger partial charge in [-0.15, -0.1) is 0 Å². The molecular formula is C25H22. The molecule has 0 aliphatic heterocycles. The zero-order valence-corrected chi connectivity index (χ0v) is 14.3. The molecule has 0 spiro atoms. The first-order valence-electron chi connectivity index (χ1n) is 9.29. The summed E-state index contributed by atoms with van der Waals surface area (Å²) in [5, 5.41) is 0. The topological polar surface area (TPSA) is 0 Å². The van der Waals surface area contributed by atoms with E-state index in [-0.39, 0.29) is 5.41 Å². The fourth-order valence-corrected chi connectivity index (χ4v) is 5.11. The summed E-state index contributed by atoms with van der Waals surface area (Å²) in [7, 11) is 0. The number of hydrogen-bond donors (Lipinski definition) is 0. The van der Waals surface area contributed by atoms with Crippen molar-refractivity contribution >= 4 is 0 Å². The van der Waals surface area contributed by atoms with Gasteiger partial charge in [0.15, 0.2) is 0 Å². The van der Waals surface area contributed by atoms with E-state index in [4.69, 9.17) is 0 Å². The molecule has 3 aliphatic rings. The maximum Gasteiger partial charge on any atom is 0.0522 e. The molecule has 0 N–H and O–H groups in total. The molecule has 2 aromatic carbocycles. The molecular weight excluding hydrogens is 300 g/mol. The highest BCUT2D eigenvalue weighted by molar-refractivity contribution is 5.63. The van der Waals surface area contributed by atoms with Gasteiger partial charge in [-0.05, 0) is 35.1 Å². The van der Waals surface area contributed by atoms with E-state index in [1.54, 1.807) is 0 Å². The minimum atomic E-state index is -0.0826. The summed E-state index contributed by atoms with van der Waals surface area (Å²) in [4.78, 5) is 0. The second-order valence-corrected chi connectivity index (χ2v) is 7.22. The van der Waals surface area contributed by atoms with Crippen molar-refractivity contribution in [2.75, 3.05) is 0 Å². The standard InChI is InChI=1S/C25H22/c1-3-11-19(12-4-1)25(20-13-5-2-6-14-20)23-17-9-7-15-21(23)22-16-8-10-18-24(22)25/h1,3-5,7-18,21,23H,2,6H2. The van der Waals surface area contributed by atoms with Crippen molar-refractivity contribution in [3.8, 4) is 0 Å². The Morgan fingerprint density at radius 1 is 0.800 bits per heavy atom. The first-order valence-corrected chi connectivity index (χ1v) is 9.29. The van der Waals surface area contributed by atoms with Crippen LogP contribution in [0.5, 0.6) is 0 Å². The van der Waals surface area contributed by atoms with Crippen molar-refractivity contribution in [1.29, 1.82) is 0 Å². The Labute approximate surface area is 149 Å². The van der Waals surface area contributed by atoms with Crippen LogP contribution in [-0.4, -0.2) is 0 Å². The minimum absolute atomic E-state index is 0.0826. The molecule has 0 saturated carbocycles. The summed E-state index contributed by atoms with van der Waals surface area (Å²) in [6.45, 7) is 0. The number of benzene rings is 2. The molecule has 3 aliphatic carbocycles. The predicted octanol–water partition coefficient (Wildman–Crippen LogP) is 6.09. The van der Waals surface area contributed by atoms with E-state index in [2.05, 4.69) is 97.1 Å². The number of allylic oxidation sites excluding steroid dienone is 8. The molecule has 0 radical (unpaired) electrons. The van der Waals surface area contributed by atoms with E-state index < -0.39 is 0 Å². The summed E-state index contributed by atoms with van der Waals surface area (Å²) >= 11 is 0. The summed E-state index contributed by atoms with van der Waals surface area (Å²) in [5.41, 5.74) is 5.75. The number of rotatable bonds is 2. The van der Waals surface area contributed by atoms with Crippen LogP contribution in [0.15, 0.2) is 103 Å². The van der Waals surface area contributed by atoms with E-state index in [0.717, 1.165) is 12.8 Å². The molecule has 3 atom stereocenters. The molecule has 0 nitrogen and oxygen atoms in total. The highest BCUT2D eigenvalue weighted by Gasteiger charge is 2.53. The average molecular weight is 322 g/mol. The van der Waals surface area contributed by atoms with E-state index >= 15 is 0 Å². The fraction of sp³-hybridized carbons (Fsp3) is 0.200. The molecule has 0 heterocycles. The van der Waals surface area contributed by atoms with Crippen LogP contribution in [-0.2, 0) is 5.41 Å². The lowest BCUT2D eigenvalue weighted by Gasteiger charge is -2.40. The molecule has 0 saturated heterocycles. The number of hydrogen-bond acceptors (Lipinski definition) is 0. The van der Waals surface area contributed by atoms with E-state index in [0.29, 0.717) is 11.8 Å². The smallest absolute Gasteiger partial charge is 0.0522 e. The van der Waals surface area contributed by atoms with Crippen LogP contribution in [0.2, 0.25) is 0 Å². The van der Waals surface area contributed by atoms with Gasteiger partial charge in [0, 0.05) is 11.8 Å². The maximum atomic E-state index is 2.47. The Bertz CT molecular complexity index is 910. The molecule has 122 valence electrons. The Balaban J connectivity index is 1.86. The Morgan fingerprint density at radius 3 is 2.44 bits per heavy atom. The second kappa shape index (κ2) is 5.74. The largest absolute Gasteiger partial charge is 0.0839 e. The van der Waals surface area contributed by atoms with Gasteiger partial charge in [-0.1, -0.05) is 97.1 Å². The van der Waals surface area contributed by atoms with Crippen LogP contribution in [0.4, 0.5) is 0 Å². The van der Waals surface area contributed by atoms with Crippen molar-refractivity contribution < 1.29 is 0 Å². The lowest BCUT2D eigenvalue weighted by atomic mass is 9.62. The summed E-state index contributed by atoms with van der Waals surface area (Å²) in [6, 6.07) is 20.2. The lowest BCUT2D eigenvalue weighted by molar-refractivity contribution is 0.453. The zero-order chi connectivity index (χ0) is 16.7. The normalized spacial score (nSPS) is 29.2. The van der Waals surface area contributed by atoms with Gasteiger partial charge in [0.25, 0.3) is 0 Å². The van der Waals surface area contributed by atoms with E-state index in [1.807, 2.05) is 0 Å². The van der Waals surface area contributed by atoms with Crippen molar-refractivity contribution in [1.82, 2.24) is 0 Å². The molecule has 0 fully saturated rings. The van der Waals surface area contributed by atoms with Gasteiger partial charge in [-0.25, -0.2) is 0 Å². The first-order chi connectivity index (χ1) is 12.4. The first kappa shape index (κ1) is 14.7. The molecule has 25 heavy (non-hydrogen) atoms. The molecule has 0 heteroatoms. The van der Waals surface area contributed by atoms with Crippen LogP contribution in [0.3, 0.4) is 0 Å². The highest BCUT2D eigenvalue weighted by atomic mass is 14.5. The van der Waals surface area contributed by atoms with Gasteiger partial charge in [-0.3, -0.25) is 0 Å². The van der Waals surface area contributed by atoms with Gasteiger partial charge >= 0.3 is 0 Å². The minimum Gasteiger partial charge on any atom is -0.0839 e. The summed E-state index contributed by atoms with van der Waals surface area (Å²) in [6.07, 6.45) is 18.8. The van der Waals surface area contributed by atoms with E-state index in [9.17, 15) is 0 Å². The summed E-state index contributed by atoms with van der Waals surface area (Å²) < 4.78 is 0. The Morgan fingerprint density at radius 2 is 1.60 bits per heavy atom. The van der Waals surface area contributed by atoms with Crippen LogP contribution in [0, 0.1) is 5.92 Å². The van der Waals surface area contributed by atoms with Crippen LogP contribution in [0.1, 0.15) is 35.4 Å². The van der Waals surface area contributed by atoms with Crippen molar-refractivity contribution in [3.63, 3.8) is 0 Å². The van der Waals surface area contributed by atoms with Crippen LogP contribution < -0.4 is 0 Å². The Hall–Kier alpha value is -2.60. The fourth-order valence-electron chi connectivity index (χ4n) is 5.11. The molecule has 0 bridgehead atoms. The van der Waals surface area contributed by atoms with Gasteiger partial charge in [0.1, 0.15) is 0 Å². The second-order valence-electron chi connectivity index (χ2n) is 7.22. The van der Waals surface area contributed by atoms with Gasteiger partial charge in [-0.2, -0.15) is 0 Å². The predicted molar refractivity (Wildman–Crippen MR) is 105 cm³/mol. The number of fused-ring (bicyclic) bond motifs is 3. The van der Waals surface area contributed by atoms with Gasteiger partial charge in [0.2, 0.25) is 0 Å². The monoisotopic (exact) mass is 322 g/mol. The molecule has 0 aromatic heterocycles. The molecule has 3 unspecified atom stereocenters. The molecule has 2 aromatic rings. The maximum absolute atomic E-state index is 2.47. The third-order valence-corrected chi connectivity index (χ3v) is 6.06. The summed E-state index contributed by atoms with van der Waals surface area (Å²) in [5.74, 6) is 0.893. The van der Waals surface area contributed by atoms with Gasteiger partial charge < -0.3 is 0 Å². The van der Waals surface area contributed by atoms with Crippen LogP contribution >= 0.6 is 0 Å². The average Bonchev–Trinajstić information content (AvgIpc) is 3.01.